The molecule has 4 heteroatoms. The Kier molecular flexibility index (Phi) is 2.63. The van der Waals surface area contributed by atoms with Gasteiger partial charge in [-0.3, -0.25) is 0 Å². The number of nitrogens with two attached hydrogens (primary N) is 1. The van der Waals surface area contributed by atoms with E-state index in [-0.39, 0.29) is 0 Å². The van der Waals surface area contributed by atoms with E-state index in [1.165, 1.54) is 18.6 Å². The lowest BCUT2D eigenvalue weighted by molar-refractivity contribution is 0.771. The van der Waals surface area contributed by atoms with Gasteiger partial charge in [0.1, 0.15) is 11.6 Å². The Balaban J connectivity index is 2.34. The minimum Gasteiger partial charge on any atom is -0.383 e. The van der Waals surface area contributed by atoms with Crippen LogP contribution in [0.5, 0.6) is 0 Å². The first kappa shape index (κ1) is 9.77. The zero-order valence-corrected chi connectivity index (χ0v) is 9.40. The fourth-order valence-electron chi connectivity index (χ4n) is 1.60. The molecule has 2 heterocycles. The van der Waals surface area contributed by atoms with Crippen LogP contribution in [-0.2, 0) is 0 Å². The van der Waals surface area contributed by atoms with Crippen LogP contribution < -0.4 is 5.73 Å². The van der Waals surface area contributed by atoms with E-state index in [0.29, 0.717) is 11.1 Å². The normalized spacial score (nSPS) is 21.4. The van der Waals surface area contributed by atoms with Crippen LogP contribution in [-0.4, -0.2) is 15.7 Å². The van der Waals surface area contributed by atoms with Gasteiger partial charge in [-0.25, -0.2) is 9.97 Å². The quantitative estimate of drug-likeness (QED) is 0.770. The SMILES string of the molecule is Cc1nc(C2CCCS2)nc(N)c1C. The van der Waals surface area contributed by atoms with Gasteiger partial charge in [0.2, 0.25) is 0 Å². The van der Waals surface area contributed by atoms with Crippen LogP contribution in [0.4, 0.5) is 5.82 Å². The molecule has 1 aromatic rings. The molecule has 0 aliphatic carbocycles. The summed E-state index contributed by atoms with van der Waals surface area (Å²) in [4.78, 5) is 8.86. The zero-order valence-electron chi connectivity index (χ0n) is 8.58. The highest BCUT2D eigenvalue weighted by molar-refractivity contribution is 7.99. The zero-order chi connectivity index (χ0) is 10.1. The molecule has 1 atom stereocenters. The number of anilines is 1. The van der Waals surface area contributed by atoms with E-state index in [1.54, 1.807) is 0 Å². The number of thioether (sulfide) groups is 1. The standard InChI is InChI=1S/C10H15N3S/c1-6-7(2)12-10(13-9(6)11)8-4-3-5-14-8/h8H,3-5H2,1-2H3,(H2,11,12,13). The molecule has 1 aliphatic heterocycles. The minimum absolute atomic E-state index is 0.469. The molecule has 2 rings (SSSR count). The van der Waals surface area contributed by atoms with E-state index >= 15 is 0 Å². The molecule has 2 N–H and O–H groups in total. The highest BCUT2D eigenvalue weighted by Crippen LogP contribution is 2.38. The summed E-state index contributed by atoms with van der Waals surface area (Å²) < 4.78 is 0. The van der Waals surface area contributed by atoms with Gasteiger partial charge in [-0.15, -0.1) is 0 Å². The summed E-state index contributed by atoms with van der Waals surface area (Å²) in [6, 6.07) is 0. The van der Waals surface area contributed by atoms with Crippen LogP contribution in [0.2, 0.25) is 0 Å². The molecule has 1 aromatic heterocycles. The third-order valence-electron chi connectivity index (χ3n) is 2.66. The third-order valence-corrected chi connectivity index (χ3v) is 4.04. The second kappa shape index (κ2) is 3.77. The summed E-state index contributed by atoms with van der Waals surface area (Å²) in [5, 5.41) is 0.469. The summed E-state index contributed by atoms with van der Waals surface area (Å²) in [5.74, 6) is 2.79. The van der Waals surface area contributed by atoms with Crippen LogP contribution in [0.1, 0.15) is 35.2 Å². The molecule has 0 saturated carbocycles. The number of nitrogens with zero attached hydrogens (tertiary/aromatic N) is 2. The van der Waals surface area contributed by atoms with Crippen LogP contribution in [0.25, 0.3) is 0 Å². The third kappa shape index (κ3) is 1.71. The highest BCUT2D eigenvalue weighted by Gasteiger charge is 2.21. The lowest BCUT2D eigenvalue weighted by atomic mass is 10.2. The van der Waals surface area contributed by atoms with Crippen LogP contribution in [0.3, 0.4) is 0 Å². The molecule has 0 radical (unpaired) electrons. The smallest absolute Gasteiger partial charge is 0.143 e. The number of nitrogen functional groups attached to an aromatic ring is 1. The van der Waals surface area contributed by atoms with Crippen molar-refractivity contribution in [3.8, 4) is 0 Å². The Hall–Kier alpha value is -0.770. The maximum Gasteiger partial charge on any atom is 0.143 e. The molecule has 0 spiro atoms. The molecule has 0 amide bonds. The number of hydrogen-bond donors (Lipinski definition) is 1. The monoisotopic (exact) mass is 209 g/mol. The van der Waals surface area contributed by atoms with E-state index in [2.05, 4.69) is 9.97 Å². The molecule has 1 aliphatic rings. The van der Waals surface area contributed by atoms with Crippen molar-refractivity contribution in [2.45, 2.75) is 31.9 Å². The molecular weight excluding hydrogens is 194 g/mol. The predicted octanol–water partition coefficient (Wildman–Crippen LogP) is 2.24. The summed E-state index contributed by atoms with van der Waals surface area (Å²) in [7, 11) is 0. The van der Waals surface area contributed by atoms with Gasteiger partial charge >= 0.3 is 0 Å². The topological polar surface area (TPSA) is 51.8 Å². The van der Waals surface area contributed by atoms with Crippen molar-refractivity contribution >= 4 is 17.6 Å². The molecule has 3 nitrogen and oxygen atoms in total. The molecule has 1 fully saturated rings. The Labute approximate surface area is 88.5 Å². The maximum absolute atomic E-state index is 5.83. The number of aryl methyl sites for hydroxylation is 1. The fourth-order valence-corrected chi connectivity index (χ4v) is 2.80. The van der Waals surface area contributed by atoms with Crippen molar-refractivity contribution in [3.63, 3.8) is 0 Å². The summed E-state index contributed by atoms with van der Waals surface area (Å²) in [6.45, 7) is 3.97. The van der Waals surface area contributed by atoms with E-state index in [4.69, 9.17) is 5.73 Å². The number of rotatable bonds is 1. The van der Waals surface area contributed by atoms with Crippen molar-refractivity contribution in [2.24, 2.45) is 0 Å². The first-order valence-electron chi connectivity index (χ1n) is 4.90. The fraction of sp³-hybridized carbons (Fsp3) is 0.600. The van der Waals surface area contributed by atoms with E-state index in [0.717, 1.165) is 17.1 Å². The maximum atomic E-state index is 5.83. The van der Waals surface area contributed by atoms with Crippen molar-refractivity contribution < 1.29 is 0 Å². The average molecular weight is 209 g/mol. The van der Waals surface area contributed by atoms with Gasteiger partial charge in [0.25, 0.3) is 0 Å². The van der Waals surface area contributed by atoms with Crippen LogP contribution in [0, 0.1) is 13.8 Å². The largest absolute Gasteiger partial charge is 0.383 e. The summed E-state index contributed by atoms with van der Waals surface area (Å²) in [5.41, 5.74) is 7.85. The van der Waals surface area contributed by atoms with Gasteiger partial charge in [0.15, 0.2) is 0 Å². The van der Waals surface area contributed by atoms with E-state index in [1.807, 2.05) is 25.6 Å². The molecule has 0 aromatic carbocycles. The van der Waals surface area contributed by atoms with Gasteiger partial charge in [-0.1, -0.05) is 0 Å². The number of aromatic nitrogens is 2. The molecule has 1 saturated heterocycles. The van der Waals surface area contributed by atoms with Gasteiger partial charge < -0.3 is 5.73 Å². The molecule has 14 heavy (non-hydrogen) atoms. The van der Waals surface area contributed by atoms with Gasteiger partial charge in [0, 0.05) is 11.3 Å². The first-order valence-corrected chi connectivity index (χ1v) is 5.95. The second-order valence-electron chi connectivity index (χ2n) is 3.68. The molecule has 1 unspecified atom stereocenters. The molecular formula is C10H15N3S. The average Bonchev–Trinajstić information content (AvgIpc) is 2.66. The second-order valence-corrected chi connectivity index (χ2v) is 4.99. The minimum atomic E-state index is 0.469. The van der Waals surface area contributed by atoms with Gasteiger partial charge in [-0.2, -0.15) is 11.8 Å². The van der Waals surface area contributed by atoms with Crippen molar-refractivity contribution in [1.82, 2.24) is 9.97 Å². The highest BCUT2D eigenvalue weighted by atomic mass is 32.2. The molecule has 0 bridgehead atoms. The first-order chi connectivity index (χ1) is 6.68. The summed E-state index contributed by atoms with van der Waals surface area (Å²) >= 11 is 1.94. The van der Waals surface area contributed by atoms with Crippen molar-refractivity contribution in [1.29, 1.82) is 0 Å². The van der Waals surface area contributed by atoms with Gasteiger partial charge in [-0.05, 0) is 32.4 Å². The van der Waals surface area contributed by atoms with E-state index < -0.39 is 0 Å². The number of hydrogen-bond acceptors (Lipinski definition) is 4. The van der Waals surface area contributed by atoms with Crippen molar-refractivity contribution in [3.05, 3.63) is 17.1 Å². The Morgan fingerprint density at radius 3 is 2.71 bits per heavy atom. The van der Waals surface area contributed by atoms with Crippen LogP contribution in [0.15, 0.2) is 0 Å². The van der Waals surface area contributed by atoms with Gasteiger partial charge in [0.05, 0.1) is 5.25 Å². The Morgan fingerprint density at radius 1 is 1.36 bits per heavy atom. The Morgan fingerprint density at radius 2 is 2.14 bits per heavy atom. The Bertz CT molecular complexity index is 322. The van der Waals surface area contributed by atoms with Crippen molar-refractivity contribution in [2.75, 3.05) is 11.5 Å². The lowest BCUT2D eigenvalue weighted by Crippen LogP contribution is -2.06. The van der Waals surface area contributed by atoms with Crippen LogP contribution >= 0.6 is 11.8 Å². The molecule has 76 valence electrons. The predicted molar refractivity (Wildman–Crippen MR) is 60.4 cm³/mol. The summed E-state index contributed by atoms with van der Waals surface area (Å²) in [6.07, 6.45) is 2.46. The lowest BCUT2D eigenvalue weighted by Gasteiger charge is -2.10. The van der Waals surface area contributed by atoms with E-state index in [9.17, 15) is 0 Å².